The van der Waals surface area contributed by atoms with Gasteiger partial charge in [-0.05, 0) is 12.0 Å². The first-order valence-electron chi connectivity index (χ1n) is 8.41. The molecular weight excluding hydrogens is 340 g/mol. The van der Waals surface area contributed by atoms with E-state index in [-0.39, 0.29) is 18.3 Å². The second-order valence-corrected chi connectivity index (χ2v) is 6.45. The Bertz CT molecular complexity index is 715. The molecule has 0 fully saturated rings. The smallest absolute Gasteiger partial charge is 0.272 e. The number of aromatic nitrogens is 2. The number of halogens is 1. The second kappa shape index (κ2) is 8.87. The van der Waals surface area contributed by atoms with Gasteiger partial charge in [0, 0.05) is 42.9 Å². The van der Waals surface area contributed by atoms with Crippen molar-refractivity contribution >= 4 is 18.3 Å². The number of fused-ring (bicyclic) bond motifs is 1. The lowest BCUT2D eigenvalue weighted by Crippen LogP contribution is -2.28. The van der Waals surface area contributed by atoms with Crippen LogP contribution >= 0.6 is 12.4 Å². The van der Waals surface area contributed by atoms with Crippen LogP contribution in [-0.2, 0) is 19.5 Å². The van der Waals surface area contributed by atoms with E-state index in [9.17, 15) is 4.79 Å². The highest BCUT2D eigenvalue weighted by Crippen LogP contribution is 2.19. The van der Waals surface area contributed by atoms with Crippen LogP contribution in [0.2, 0.25) is 0 Å². The molecule has 0 spiro atoms. The summed E-state index contributed by atoms with van der Waals surface area (Å²) >= 11 is 0. The number of hydrogen-bond donors (Lipinski definition) is 3. The molecule has 1 aromatic carbocycles. The molecule has 0 saturated carbocycles. The summed E-state index contributed by atoms with van der Waals surface area (Å²) in [5.41, 5.74) is 3.48. The van der Waals surface area contributed by atoms with Crippen molar-refractivity contribution in [1.29, 1.82) is 0 Å². The molecule has 1 aliphatic heterocycles. The Morgan fingerprint density at radius 2 is 2.16 bits per heavy atom. The summed E-state index contributed by atoms with van der Waals surface area (Å²) in [6, 6.07) is 7.79. The Kier molecular flexibility index (Phi) is 6.84. The van der Waals surface area contributed by atoms with Crippen molar-refractivity contribution in [3.63, 3.8) is 0 Å². The number of nitrogens with one attached hydrogen (secondary N) is 3. The number of hydrogen-bond acceptors (Lipinski definition) is 4. The van der Waals surface area contributed by atoms with E-state index in [1.54, 1.807) is 0 Å². The van der Waals surface area contributed by atoms with Crippen molar-refractivity contribution in [2.24, 2.45) is 5.92 Å². The first-order chi connectivity index (χ1) is 11.6. The molecule has 1 aliphatic rings. The molecule has 136 valence electrons. The maximum absolute atomic E-state index is 12.5. The zero-order valence-corrected chi connectivity index (χ0v) is 15.4. The maximum Gasteiger partial charge on any atom is 0.272 e. The van der Waals surface area contributed by atoms with Gasteiger partial charge >= 0.3 is 0 Å². The molecule has 0 saturated heterocycles. The summed E-state index contributed by atoms with van der Waals surface area (Å²) < 4.78 is 5.83. The Morgan fingerprint density at radius 1 is 1.36 bits per heavy atom. The van der Waals surface area contributed by atoms with E-state index < -0.39 is 0 Å². The van der Waals surface area contributed by atoms with Crippen molar-refractivity contribution < 1.29 is 9.53 Å². The monoisotopic (exact) mass is 364 g/mol. The number of amides is 1. The number of rotatable bonds is 6. The van der Waals surface area contributed by atoms with E-state index in [2.05, 4.69) is 34.7 Å². The van der Waals surface area contributed by atoms with E-state index in [4.69, 9.17) is 4.74 Å². The molecule has 0 aliphatic carbocycles. The Morgan fingerprint density at radius 3 is 2.96 bits per heavy atom. The lowest BCUT2D eigenvalue weighted by Gasteiger charge is -2.14. The minimum absolute atomic E-state index is 0. The quantitative estimate of drug-likeness (QED) is 0.735. The van der Waals surface area contributed by atoms with Gasteiger partial charge in [-0.25, -0.2) is 0 Å². The van der Waals surface area contributed by atoms with Crippen LogP contribution < -0.4 is 15.4 Å². The van der Waals surface area contributed by atoms with Gasteiger partial charge in [0.05, 0.1) is 6.61 Å². The molecule has 6 nitrogen and oxygen atoms in total. The van der Waals surface area contributed by atoms with E-state index in [1.165, 1.54) is 0 Å². The lowest BCUT2D eigenvalue weighted by atomic mass is 10.1. The molecule has 25 heavy (non-hydrogen) atoms. The molecular formula is C18H25ClN4O2. The predicted molar refractivity (Wildman–Crippen MR) is 99.2 cm³/mol. The fourth-order valence-electron chi connectivity index (χ4n) is 2.72. The SMILES string of the molecule is CC(C)COc1ccccc1CNC(=O)c1n[nH]c2c1CNCC2.Cl. The standard InChI is InChI=1S/C18H24N4O2.ClH/c1-12(2)11-24-16-6-4-3-5-13(16)9-20-18(23)17-14-10-19-8-7-15(14)21-22-17;/h3-6,12,19H,7-11H2,1-2H3,(H,20,23)(H,21,22);1H. The summed E-state index contributed by atoms with van der Waals surface area (Å²) in [6.45, 7) is 6.89. The van der Waals surface area contributed by atoms with Crippen LogP contribution in [0.3, 0.4) is 0 Å². The van der Waals surface area contributed by atoms with Gasteiger partial charge in [0.2, 0.25) is 0 Å². The summed E-state index contributed by atoms with van der Waals surface area (Å²) in [7, 11) is 0. The predicted octanol–water partition coefficient (Wildman–Crippen LogP) is 2.44. The molecule has 1 aromatic heterocycles. The van der Waals surface area contributed by atoms with Crippen molar-refractivity contribution in [1.82, 2.24) is 20.8 Å². The maximum atomic E-state index is 12.5. The van der Waals surface area contributed by atoms with E-state index in [0.717, 1.165) is 35.5 Å². The van der Waals surface area contributed by atoms with Gasteiger partial charge in [0.15, 0.2) is 5.69 Å². The molecule has 0 bridgehead atoms. The molecule has 3 N–H and O–H groups in total. The van der Waals surface area contributed by atoms with Crippen LogP contribution in [0.4, 0.5) is 0 Å². The minimum Gasteiger partial charge on any atom is -0.493 e. The minimum atomic E-state index is -0.158. The average Bonchev–Trinajstić information content (AvgIpc) is 3.02. The summed E-state index contributed by atoms with van der Waals surface area (Å²) in [5, 5.41) is 13.4. The second-order valence-electron chi connectivity index (χ2n) is 6.45. The molecule has 0 radical (unpaired) electrons. The van der Waals surface area contributed by atoms with Gasteiger partial charge in [0.1, 0.15) is 5.75 Å². The third-order valence-electron chi connectivity index (χ3n) is 4.01. The first kappa shape index (κ1) is 19.3. The average molecular weight is 365 g/mol. The van der Waals surface area contributed by atoms with Crippen LogP contribution in [0.25, 0.3) is 0 Å². The number of nitrogens with zero attached hydrogens (tertiary/aromatic N) is 1. The molecule has 0 atom stereocenters. The highest BCUT2D eigenvalue weighted by molar-refractivity contribution is 5.94. The number of carbonyl (C=O) groups excluding carboxylic acids is 1. The van der Waals surface area contributed by atoms with E-state index in [0.29, 0.717) is 31.3 Å². The summed E-state index contributed by atoms with van der Waals surface area (Å²) in [6.07, 6.45) is 0.876. The van der Waals surface area contributed by atoms with E-state index in [1.807, 2.05) is 24.3 Å². The number of benzene rings is 1. The van der Waals surface area contributed by atoms with Crippen molar-refractivity contribution in [2.75, 3.05) is 13.2 Å². The fraction of sp³-hybridized carbons (Fsp3) is 0.444. The van der Waals surface area contributed by atoms with Crippen LogP contribution in [0.15, 0.2) is 24.3 Å². The van der Waals surface area contributed by atoms with Crippen molar-refractivity contribution in [3.05, 3.63) is 46.8 Å². The number of aromatic amines is 1. The zero-order chi connectivity index (χ0) is 16.9. The largest absolute Gasteiger partial charge is 0.493 e. The third-order valence-corrected chi connectivity index (χ3v) is 4.01. The van der Waals surface area contributed by atoms with Crippen molar-refractivity contribution in [2.45, 2.75) is 33.4 Å². The molecule has 7 heteroatoms. The molecule has 2 heterocycles. The summed E-state index contributed by atoms with van der Waals surface area (Å²) in [5.74, 6) is 1.11. The molecule has 1 amide bonds. The van der Waals surface area contributed by atoms with Gasteiger partial charge in [0.25, 0.3) is 5.91 Å². The Labute approximate surface area is 154 Å². The Hall–Kier alpha value is -2.05. The molecule has 0 unspecified atom stereocenters. The van der Waals surface area contributed by atoms with Crippen LogP contribution in [0.5, 0.6) is 5.75 Å². The van der Waals surface area contributed by atoms with Gasteiger partial charge in [-0.2, -0.15) is 5.10 Å². The lowest BCUT2D eigenvalue weighted by molar-refractivity contribution is 0.0944. The van der Waals surface area contributed by atoms with Crippen LogP contribution in [-0.4, -0.2) is 29.3 Å². The number of ether oxygens (including phenoxy) is 1. The normalized spacial score (nSPS) is 13.1. The fourth-order valence-corrected chi connectivity index (χ4v) is 2.72. The highest BCUT2D eigenvalue weighted by Gasteiger charge is 2.21. The van der Waals surface area contributed by atoms with Crippen molar-refractivity contribution in [3.8, 4) is 5.75 Å². The topological polar surface area (TPSA) is 79.0 Å². The van der Waals surface area contributed by atoms with Gasteiger partial charge in [-0.1, -0.05) is 32.0 Å². The third kappa shape index (κ3) is 4.74. The number of carbonyl (C=O) groups is 1. The van der Waals surface area contributed by atoms with Gasteiger partial charge in [-0.3, -0.25) is 9.89 Å². The first-order valence-corrected chi connectivity index (χ1v) is 8.41. The zero-order valence-electron chi connectivity index (χ0n) is 14.6. The number of H-pyrrole nitrogens is 1. The van der Waals surface area contributed by atoms with Gasteiger partial charge in [-0.15, -0.1) is 12.4 Å². The van der Waals surface area contributed by atoms with Crippen LogP contribution in [0.1, 0.15) is 41.2 Å². The summed E-state index contributed by atoms with van der Waals surface area (Å²) in [4.78, 5) is 12.5. The number of para-hydroxylation sites is 1. The van der Waals surface area contributed by atoms with E-state index >= 15 is 0 Å². The highest BCUT2D eigenvalue weighted by atomic mass is 35.5. The molecule has 2 aromatic rings. The van der Waals surface area contributed by atoms with Gasteiger partial charge < -0.3 is 15.4 Å². The van der Waals surface area contributed by atoms with Crippen LogP contribution in [0, 0.1) is 5.92 Å². The molecule has 3 rings (SSSR count). The Balaban J connectivity index is 0.00000225.